The maximum absolute atomic E-state index is 13.2. The van der Waals surface area contributed by atoms with Crippen LogP contribution in [0.15, 0.2) is 34.5 Å². The Hall–Kier alpha value is -2.63. The Balaban J connectivity index is 2.00. The van der Waals surface area contributed by atoms with Crippen LogP contribution in [0.2, 0.25) is 0 Å². The van der Waals surface area contributed by atoms with E-state index in [4.69, 9.17) is 19.2 Å². The highest BCUT2D eigenvalue weighted by Crippen LogP contribution is 2.45. The van der Waals surface area contributed by atoms with Crippen LogP contribution in [0.4, 0.5) is 0 Å². The number of esters is 1. The molecule has 32 heavy (non-hydrogen) atoms. The number of aliphatic imine (C=N–C) groups is 1. The van der Waals surface area contributed by atoms with Crippen molar-refractivity contribution in [3.05, 3.63) is 35.0 Å². The monoisotopic (exact) mass is 441 g/mol. The van der Waals surface area contributed by atoms with E-state index >= 15 is 0 Å². The van der Waals surface area contributed by atoms with E-state index in [2.05, 4.69) is 6.92 Å². The van der Waals surface area contributed by atoms with Gasteiger partial charge in [0.15, 0.2) is 17.3 Å². The molecule has 2 atom stereocenters. The lowest BCUT2D eigenvalue weighted by molar-refractivity contribution is -0.146. The van der Waals surface area contributed by atoms with Crippen molar-refractivity contribution in [3.8, 4) is 11.5 Å². The van der Waals surface area contributed by atoms with Gasteiger partial charge < -0.3 is 14.2 Å². The zero-order chi connectivity index (χ0) is 23.1. The molecule has 1 heterocycles. The van der Waals surface area contributed by atoms with Gasteiger partial charge in [0.25, 0.3) is 0 Å². The van der Waals surface area contributed by atoms with E-state index in [-0.39, 0.29) is 11.8 Å². The first kappa shape index (κ1) is 24.0. The van der Waals surface area contributed by atoms with E-state index in [0.717, 1.165) is 49.8 Å². The highest BCUT2D eigenvalue weighted by Gasteiger charge is 2.43. The van der Waals surface area contributed by atoms with Crippen LogP contribution in [-0.2, 0) is 14.3 Å². The largest absolute Gasteiger partial charge is 0.493 e. The third kappa shape index (κ3) is 5.22. The second-order valence-electron chi connectivity index (χ2n) is 8.48. The van der Waals surface area contributed by atoms with Crippen molar-refractivity contribution in [3.63, 3.8) is 0 Å². The number of carbonyl (C=O) groups is 2. The lowest BCUT2D eigenvalue weighted by atomic mass is 9.71. The highest BCUT2D eigenvalue weighted by atomic mass is 16.5. The molecule has 3 rings (SSSR count). The quantitative estimate of drug-likeness (QED) is 0.359. The average molecular weight is 442 g/mol. The molecule has 0 spiro atoms. The van der Waals surface area contributed by atoms with Crippen molar-refractivity contribution in [2.45, 2.75) is 71.6 Å². The number of nitrogens with zero attached hydrogens (tertiary/aromatic N) is 1. The summed E-state index contributed by atoms with van der Waals surface area (Å²) in [5, 5.41) is 0. The second-order valence-corrected chi connectivity index (χ2v) is 8.48. The smallest absolute Gasteiger partial charge is 0.315 e. The second kappa shape index (κ2) is 11.3. The SMILES string of the molecule is CCCCCOC(=O)C1C(C)=NC2=C(C(=O)CCC2)[C@@H]1c1ccc(OCCC)c(OC)c1. The fraction of sp³-hybridized carbons (Fsp3) is 0.577. The third-order valence-electron chi connectivity index (χ3n) is 6.09. The molecular weight excluding hydrogens is 406 g/mol. The van der Waals surface area contributed by atoms with Crippen LogP contribution < -0.4 is 9.47 Å². The molecule has 2 aliphatic rings. The minimum absolute atomic E-state index is 0.0709. The van der Waals surface area contributed by atoms with Crippen LogP contribution in [0, 0.1) is 5.92 Å². The fourth-order valence-electron chi connectivity index (χ4n) is 4.50. The van der Waals surface area contributed by atoms with Crippen LogP contribution in [0.1, 0.15) is 77.2 Å². The van der Waals surface area contributed by atoms with Gasteiger partial charge >= 0.3 is 5.97 Å². The van der Waals surface area contributed by atoms with Crippen molar-refractivity contribution < 1.29 is 23.8 Å². The van der Waals surface area contributed by atoms with Gasteiger partial charge in [0.2, 0.25) is 0 Å². The lowest BCUT2D eigenvalue weighted by Gasteiger charge is -2.34. The Labute approximate surface area is 191 Å². The summed E-state index contributed by atoms with van der Waals surface area (Å²) < 4.78 is 17.0. The summed E-state index contributed by atoms with van der Waals surface area (Å²) in [5.41, 5.74) is 3.01. The maximum Gasteiger partial charge on any atom is 0.315 e. The number of Topliss-reactive ketones (excluding diaryl/α,β-unsaturated/α-hetero) is 1. The van der Waals surface area contributed by atoms with Crippen LogP contribution in [0.25, 0.3) is 0 Å². The molecule has 1 aliphatic heterocycles. The van der Waals surface area contributed by atoms with Crippen LogP contribution in [-0.4, -0.2) is 37.8 Å². The first-order chi connectivity index (χ1) is 15.5. The molecule has 1 aromatic rings. The van der Waals surface area contributed by atoms with Gasteiger partial charge in [-0.2, -0.15) is 0 Å². The van der Waals surface area contributed by atoms with Gasteiger partial charge in [-0.3, -0.25) is 14.6 Å². The van der Waals surface area contributed by atoms with Gasteiger partial charge in [0.05, 0.1) is 20.3 Å². The van der Waals surface area contributed by atoms with Gasteiger partial charge in [0.1, 0.15) is 5.92 Å². The molecule has 6 heteroatoms. The molecule has 0 amide bonds. The van der Waals surface area contributed by atoms with E-state index in [1.165, 1.54) is 0 Å². The van der Waals surface area contributed by atoms with Crippen LogP contribution in [0.5, 0.6) is 11.5 Å². The summed E-state index contributed by atoms with van der Waals surface area (Å²) in [6.45, 7) is 7.00. The number of hydrogen-bond donors (Lipinski definition) is 0. The molecule has 1 aliphatic carbocycles. The number of unbranched alkanes of at least 4 members (excludes halogenated alkanes) is 2. The van der Waals surface area contributed by atoms with Gasteiger partial charge in [-0.25, -0.2) is 0 Å². The summed E-state index contributed by atoms with van der Waals surface area (Å²) >= 11 is 0. The van der Waals surface area contributed by atoms with Crippen molar-refractivity contribution >= 4 is 17.5 Å². The molecule has 0 radical (unpaired) electrons. The Bertz CT molecular complexity index is 901. The van der Waals surface area contributed by atoms with E-state index in [9.17, 15) is 9.59 Å². The molecule has 0 fully saturated rings. The number of ketones is 1. The highest BCUT2D eigenvalue weighted by molar-refractivity contribution is 6.08. The number of rotatable bonds is 10. The van der Waals surface area contributed by atoms with Crippen molar-refractivity contribution in [2.75, 3.05) is 20.3 Å². The minimum Gasteiger partial charge on any atom is -0.493 e. The summed E-state index contributed by atoms with van der Waals surface area (Å²) in [6.07, 6.45) is 5.82. The van der Waals surface area contributed by atoms with E-state index < -0.39 is 11.8 Å². The number of carbonyl (C=O) groups excluding carboxylic acids is 2. The predicted molar refractivity (Wildman–Crippen MR) is 124 cm³/mol. The topological polar surface area (TPSA) is 74.2 Å². The molecule has 1 unspecified atom stereocenters. The van der Waals surface area contributed by atoms with Gasteiger partial charge in [-0.1, -0.05) is 32.8 Å². The molecule has 174 valence electrons. The summed E-state index contributed by atoms with van der Waals surface area (Å²) in [6, 6.07) is 5.68. The fourth-order valence-corrected chi connectivity index (χ4v) is 4.50. The zero-order valence-corrected chi connectivity index (χ0v) is 19.7. The molecule has 0 saturated heterocycles. The predicted octanol–water partition coefficient (Wildman–Crippen LogP) is 5.40. The van der Waals surface area contributed by atoms with E-state index in [1.807, 2.05) is 32.0 Å². The van der Waals surface area contributed by atoms with Gasteiger partial charge in [0, 0.05) is 29.3 Å². The molecule has 6 nitrogen and oxygen atoms in total. The standard InChI is InChI=1S/C26H35NO5/c1-5-7-8-15-32-26(29)23-17(3)27-19-10-9-11-20(28)25(19)24(23)18-12-13-21(31-14-6-2)22(16-18)30-4/h12-13,16,23-24H,5-11,14-15H2,1-4H3/t23?,24-/m1/s1. The van der Waals surface area contributed by atoms with E-state index in [0.29, 0.717) is 42.4 Å². The summed E-state index contributed by atoms with van der Waals surface area (Å²) in [5.74, 6) is -0.0458. The molecule has 0 aromatic heterocycles. The molecule has 0 N–H and O–H groups in total. The van der Waals surface area contributed by atoms with Gasteiger partial charge in [-0.15, -0.1) is 0 Å². The van der Waals surface area contributed by atoms with Gasteiger partial charge in [-0.05, 0) is 50.3 Å². The number of ether oxygens (including phenoxy) is 3. The van der Waals surface area contributed by atoms with Crippen LogP contribution in [0.3, 0.4) is 0 Å². The Kier molecular flexibility index (Phi) is 8.48. The number of allylic oxidation sites excluding steroid dienone is 2. The van der Waals surface area contributed by atoms with Crippen molar-refractivity contribution in [1.82, 2.24) is 0 Å². The summed E-state index contributed by atoms with van der Waals surface area (Å²) in [7, 11) is 1.60. The maximum atomic E-state index is 13.2. The van der Waals surface area contributed by atoms with Crippen molar-refractivity contribution in [2.24, 2.45) is 10.9 Å². The Morgan fingerprint density at radius 1 is 1.09 bits per heavy atom. The Morgan fingerprint density at radius 2 is 1.91 bits per heavy atom. The zero-order valence-electron chi connectivity index (χ0n) is 19.7. The number of methoxy groups -OCH3 is 1. The lowest BCUT2D eigenvalue weighted by Crippen LogP contribution is -2.37. The number of hydrogen-bond acceptors (Lipinski definition) is 6. The number of benzene rings is 1. The average Bonchev–Trinajstić information content (AvgIpc) is 2.79. The third-order valence-corrected chi connectivity index (χ3v) is 6.09. The molecule has 1 aromatic carbocycles. The van der Waals surface area contributed by atoms with Crippen LogP contribution >= 0.6 is 0 Å². The summed E-state index contributed by atoms with van der Waals surface area (Å²) in [4.78, 5) is 30.9. The Morgan fingerprint density at radius 3 is 2.62 bits per heavy atom. The normalized spacial score (nSPS) is 20.5. The first-order valence-electron chi connectivity index (χ1n) is 11.8. The molecule has 0 bridgehead atoms. The van der Waals surface area contributed by atoms with E-state index in [1.54, 1.807) is 7.11 Å². The molecular formula is C26H35NO5. The first-order valence-corrected chi connectivity index (χ1v) is 11.8. The van der Waals surface area contributed by atoms with Crippen molar-refractivity contribution in [1.29, 1.82) is 0 Å². The minimum atomic E-state index is -0.621. The molecule has 0 saturated carbocycles.